The first-order valence-corrected chi connectivity index (χ1v) is 5.66. The van der Waals surface area contributed by atoms with Crippen molar-refractivity contribution in [3.8, 4) is 0 Å². The van der Waals surface area contributed by atoms with Crippen LogP contribution in [0, 0.1) is 0 Å². The Hall–Kier alpha value is -1.47. The fourth-order valence-corrected chi connectivity index (χ4v) is 1.72. The first kappa shape index (κ1) is 12.0. The van der Waals surface area contributed by atoms with Crippen LogP contribution in [0.15, 0.2) is 6.20 Å². The summed E-state index contributed by atoms with van der Waals surface area (Å²) >= 11 is 0. The van der Waals surface area contributed by atoms with Gasteiger partial charge in [0.25, 0.3) is 0 Å². The lowest BCUT2D eigenvalue weighted by molar-refractivity contribution is -0.122. The van der Waals surface area contributed by atoms with Gasteiger partial charge in [0, 0.05) is 13.2 Å². The average molecular weight is 240 g/mol. The lowest BCUT2D eigenvalue weighted by atomic mass is 10.2. The summed E-state index contributed by atoms with van der Waals surface area (Å²) in [6.45, 7) is 1.26. The lowest BCUT2D eigenvalue weighted by Gasteiger charge is -2.10. The number of rotatable bonds is 5. The van der Waals surface area contributed by atoms with Crippen molar-refractivity contribution in [1.82, 2.24) is 20.3 Å². The summed E-state index contributed by atoms with van der Waals surface area (Å²) in [5, 5.41) is 19.0. The number of ether oxygens (including phenoxy) is 1. The van der Waals surface area contributed by atoms with E-state index in [0.717, 1.165) is 19.4 Å². The molecule has 2 N–H and O–H groups in total. The van der Waals surface area contributed by atoms with Crippen molar-refractivity contribution in [3.05, 3.63) is 11.9 Å². The molecule has 1 fully saturated rings. The molecule has 1 aromatic heterocycles. The Bertz CT molecular complexity index is 373. The van der Waals surface area contributed by atoms with Gasteiger partial charge in [-0.1, -0.05) is 5.21 Å². The van der Waals surface area contributed by atoms with Gasteiger partial charge in [-0.3, -0.25) is 4.79 Å². The van der Waals surface area contributed by atoms with Crippen molar-refractivity contribution in [2.24, 2.45) is 0 Å². The number of nitrogens with one attached hydrogen (secondary N) is 1. The molecule has 1 amide bonds. The molecule has 7 heteroatoms. The monoisotopic (exact) mass is 240 g/mol. The number of aliphatic hydroxyl groups excluding tert-OH is 1. The van der Waals surface area contributed by atoms with Crippen LogP contribution in [0.5, 0.6) is 0 Å². The highest BCUT2D eigenvalue weighted by atomic mass is 16.5. The van der Waals surface area contributed by atoms with E-state index < -0.39 is 0 Å². The van der Waals surface area contributed by atoms with E-state index in [-0.39, 0.29) is 25.2 Å². The minimum Gasteiger partial charge on any atom is -0.390 e. The summed E-state index contributed by atoms with van der Waals surface area (Å²) < 4.78 is 6.79. The SMILES string of the molecule is O=C(Cn1cc(CO)nn1)NC[C@@H]1CCCO1. The molecule has 7 nitrogen and oxygen atoms in total. The van der Waals surface area contributed by atoms with Crippen LogP contribution < -0.4 is 5.32 Å². The summed E-state index contributed by atoms with van der Waals surface area (Å²) in [6.07, 6.45) is 3.75. The molecule has 1 saturated heterocycles. The molecule has 0 aliphatic carbocycles. The molecular formula is C10H16N4O3. The molecule has 0 spiro atoms. The van der Waals surface area contributed by atoms with Crippen LogP contribution in [-0.2, 0) is 22.7 Å². The van der Waals surface area contributed by atoms with Crippen LogP contribution in [0.1, 0.15) is 18.5 Å². The van der Waals surface area contributed by atoms with Gasteiger partial charge in [-0.15, -0.1) is 5.10 Å². The van der Waals surface area contributed by atoms with Crippen LogP contribution >= 0.6 is 0 Å². The molecule has 94 valence electrons. The molecule has 2 heterocycles. The van der Waals surface area contributed by atoms with E-state index >= 15 is 0 Å². The van der Waals surface area contributed by atoms with Crippen molar-refractivity contribution in [3.63, 3.8) is 0 Å². The van der Waals surface area contributed by atoms with E-state index in [0.29, 0.717) is 12.2 Å². The normalized spacial score (nSPS) is 19.5. The second kappa shape index (κ2) is 5.74. The summed E-state index contributed by atoms with van der Waals surface area (Å²) in [5.41, 5.74) is 0.455. The van der Waals surface area contributed by atoms with E-state index in [1.165, 1.54) is 4.68 Å². The van der Waals surface area contributed by atoms with E-state index in [1.54, 1.807) is 6.20 Å². The van der Waals surface area contributed by atoms with Gasteiger partial charge < -0.3 is 15.2 Å². The smallest absolute Gasteiger partial charge is 0.241 e. The molecule has 0 aromatic carbocycles. The fraction of sp³-hybridized carbons (Fsp3) is 0.700. The Morgan fingerprint density at radius 2 is 2.59 bits per heavy atom. The summed E-state index contributed by atoms with van der Waals surface area (Å²) in [5.74, 6) is -0.130. The van der Waals surface area contributed by atoms with E-state index in [1.807, 2.05) is 0 Å². The Balaban J connectivity index is 1.72. The first-order valence-electron chi connectivity index (χ1n) is 5.66. The Morgan fingerprint density at radius 3 is 3.24 bits per heavy atom. The zero-order valence-electron chi connectivity index (χ0n) is 9.50. The predicted octanol–water partition coefficient (Wildman–Crippen LogP) is -0.934. The van der Waals surface area contributed by atoms with Crippen molar-refractivity contribution in [2.75, 3.05) is 13.2 Å². The van der Waals surface area contributed by atoms with Crippen molar-refractivity contribution >= 4 is 5.91 Å². The zero-order valence-corrected chi connectivity index (χ0v) is 9.50. The molecule has 0 saturated carbocycles. The van der Waals surface area contributed by atoms with Gasteiger partial charge in [0.05, 0.1) is 18.9 Å². The number of aromatic nitrogens is 3. The highest BCUT2D eigenvalue weighted by molar-refractivity contribution is 5.75. The van der Waals surface area contributed by atoms with Gasteiger partial charge >= 0.3 is 0 Å². The van der Waals surface area contributed by atoms with Crippen molar-refractivity contribution in [1.29, 1.82) is 0 Å². The highest BCUT2D eigenvalue weighted by Gasteiger charge is 2.16. The molecule has 1 aliphatic rings. The van der Waals surface area contributed by atoms with E-state index in [2.05, 4.69) is 15.6 Å². The second-order valence-electron chi connectivity index (χ2n) is 4.00. The maximum Gasteiger partial charge on any atom is 0.241 e. The maximum atomic E-state index is 11.5. The summed E-state index contributed by atoms with van der Waals surface area (Å²) in [7, 11) is 0. The van der Waals surface area contributed by atoms with Crippen LogP contribution in [0.25, 0.3) is 0 Å². The molecule has 1 atom stereocenters. The molecule has 0 bridgehead atoms. The number of hydrogen-bond donors (Lipinski definition) is 2. The maximum absolute atomic E-state index is 11.5. The van der Waals surface area contributed by atoms with Crippen molar-refractivity contribution in [2.45, 2.75) is 32.1 Å². The minimum absolute atomic E-state index is 0.111. The number of carbonyl (C=O) groups excluding carboxylic acids is 1. The zero-order chi connectivity index (χ0) is 12.1. The van der Waals surface area contributed by atoms with Gasteiger partial charge in [-0.05, 0) is 12.8 Å². The molecule has 17 heavy (non-hydrogen) atoms. The third kappa shape index (κ3) is 3.50. The second-order valence-corrected chi connectivity index (χ2v) is 4.00. The first-order chi connectivity index (χ1) is 8.28. The molecule has 1 aromatic rings. The predicted molar refractivity (Wildman–Crippen MR) is 57.9 cm³/mol. The topological polar surface area (TPSA) is 89.3 Å². The Labute approximate surface area is 98.8 Å². The van der Waals surface area contributed by atoms with Crippen molar-refractivity contribution < 1.29 is 14.6 Å². The van der Waals surface area contributed by atoms with Gasteiger partial charge in [0.15, 0.2) is 0 Å². The standard InChI is InChI=1S/C10H16N4O3/c15-7-8-5-14(13-12-8)6-10(16)11-4-9-2-1-3-17-9/h5,9,15H,1-4,6-7H2,(H,11,16)/t9-/m0/s1. The lowest BCUT2D eigenvalue weighted by Crippen LogP contribution is -2.34. The Kier molecular flexibility index (Phi) is 4.05. The quantitative estimate of drug-likeness (QED) is 0.693. The highest BCUT2D eigenvalue weighted by Crippen LogP contribution is 2.10. The number of nitrogens with zero attached hydrogens (tertiary/aromatic N) is 3. The molecule has 2 rings (SSSR count). The van der Waals surface area contributed by atoms with Crippen LogP contribution in [0.2, 0.25) is 0 Å². The molecular weight excluding hydrogens is 224 g/mol. The van der Waals surface area contributed by atoms with E-state index in [4.69, 9.17) is 9.84 Å². The molecule has 1 aliphatic heterocycles. The fourth-order valence-electron chi connectivity index (χ4n) is 1.72. The van der Waals surface area contributed by atoms with Gasteiger partial charge in [0.2, 0.25) is 5.91 Å². The number of hydrogen-bond acceptors (Lipinski definition) is 5. The van der Waals surface area contributed by atoms with Gasteiger partial charge in [-0.25, -0.2) is 4.68 Å². The van der Waals surface area contributed by atoms with Crippen LogP contribution in [-0.4, -0.2) is 45.3 Å². The third-order valence-electron chi connectivity index (χ3n) is 2.60. The van der Waals surface area contributed by atoms with Crippen LogP contribution in [0.4, 0.5) is 0 Å². The number of aliphatic hydroxyl groups is 1. The molecule has 0 unspecified atom stereocenters. The largest absolute Gasteiger partial charge is 0.390 e. The van der Waals surface area contributed by atoms with Gasteiger partial charge in [0.1, 0.15) is 12.2 Å². The summed E-state index contributed by atoms with van der Waals surface area (Å²) in [6, 6.07) is 0. The number of amides is 1. The average Bonchev–Trinajstić information content (AvgIpc) is 2.97. The minimum atomic E-state index is -0.169. The molecule has 0 radical (unpaired) electrons. The van der Waals surface area contributed by atoms with E-state index in [9.17, 15) is 4.79 Å². The Morgan fingerprint density at radius 1 is 1.71 bits per heavy atom. The van der Waals surface area contributed by atoms with Gasteiger partial charge in [-0.2, -0.15) is 0 Å². The summed E-state index contributed by atoms with van der Waals surface area (Å²) in [4.78, 5) is 11.5. The third-order valence-corrected chi connectivity index (χ3v) is 2.60. The van der Waals surface area contributed by atoms with Crippen LogP contribution in [0.3, 0.4) is 0 Å². The number of carbonyl (C=O) groups is 1.